The summed E-state index contributed by atoms with van der Waals surface area (Å²) in [6.45, 7) is 6.81. The van der Waals surface area contributed by atoms with E-state index in [1.165, 1.54) is 33.5 Å². The minimum absolute atomic E-state index is 0.172. The number of ether oxygens (including phenoxy) is 1. The minimum atomic E-state index is -0.172. The third kappa shape index (κ3) is 3.96. The van der Waals surface area contributed by atoms with Gasteiger partial charge in [0.25, 0.3) is 0 Å². The van der Waals surface area contributed by atoms with Crippen LogP contribution >= 0.6 is 0 Å². The Morgan fingerprint density at radius 2 is 1.12 bits per heavy atom. The van der Waals surface area contributed by atoms with Crippen LogP contribution in [0.15, 0.2) is 140 Å². The van der Waals surface area contributed by atoms with Crippen LogP contribution < -0.4 is 14.5 Å². The summed E-state index contributed by atoms with van der Waals surface area (Å²) >= 11 is 0. The van der Waals surface area contributed by atoms with Crippen LogP contribution in [0.4, 0.5) is 34.1 Å². The van der Waals surface area contributed by atoms with E-state index in [4.69, 9.17) is 4.74 Å². The van der Waals surface area contributed by atoms with Crippen molar-refractivity contribution in [3.8, 4) is 22.6 Å². The molecular weight excluding hydrogens is 524 g/mol. The molecule has 6 aromatic rings. The van der Waals surface area contributed by atoms with Crippen LogP contribution in [0.25, 0.3) is 11.1 Å². The summed E-state index contributed by atoms with van der Waals surface area (Å²) < 4.78 is 6.49. The number of anilines is 6. The van der Waals surface area contributed by atoms with Crippen molar-refractivity contribution in [3.05, 3.63) is 156 Å². The van der Waals surface area contributed by atoms with E-state index in [1.54, 1.807) is 0 Å². The molecule has 0 saturated carbocycles. The highest BCUT2D eigenvalue weighted by atomic mass is 16.5. The van der Waals surface area contributed by atoms with Crippen LogP contribution in [0, 0.1) is 6.92 Å². The van der Waals surface area contributed by atoms with Gasteiger partial charge >= 0.3 is 0 Å². The molecule has 0 radical (unpaired) electrons. The SMILES string of the molecule is Cc1cccc2c1N1c3cc(-c4ccc(N(c5ccccc5)c5ccccc5)cc4)ccc3C(C)(C)c3cccc(c31)O2. The van der Waals surface area contributed by atoms with Crippen molar-refractivity contribution in [2.24, 2.45) is 0 Å². The fourth-order valence-electron chi connectivity index (χ4n) is 6.79. The average Bonchev–Trinajstić information content (AvgIpc) is 3.04. The Morgan fingerprint density at radius 1 is 0.535 bits per heavy atom. The quantitative estimate of drug-likeness (QED) is 0.214. The molecule has 0 atom stereocenters. The zero-order valence-electron chi connectivity index (χ0n) is 24.6. The maximum absolute atomic E-state index is 6.49. The molecule has 0 saturated heterocycles. The molecule has 0 fully saturated rings. The van der Waals surface area contributed by atoms with Crippen LogP contribution in [-0.2, 0) is 5.41 Å². The number of para-hydroxylation sites is 4. The summed E-state index contributed by atoms with van der Waals surface area (Å²) in [5, 5.41) is 0. The monoisotopic (exact) mass is 556 g/mol. The first-order valence-electron chi connectivity index (χ1n) is 14.9. The Labute approximate surface area is 253 Å². The summed E-state index contributed by atoms with van der Waals surface area (Å²) in [6, 6.07) is 49.7. The van der Waals surface area contributed by atoms with Crippen molar-refractivity contribution < 1.29 is 4.74 Å². The molecule has 0 aliphatic carbocycles. The Kier molecular flexibility index (Phi) is 5.70. The van der Waals surface area contributed by atoms with Gasteiger partial charge in [-0.15, -0.1) is 0 Å². The lowest BCUT2D eigenvalue weighted by molar-refractivity contribution is 0.471. The van der Waals surface area contributed by atoms with Gasteiger partial charge < -0.3 is 14.5 Å². The van der Waals surface area contributed by atoms with Crippen LogP contribution in [0.2, 0.25) is 0 Å². The number of hydrogen-bond donors (Lipinski definition) is 0. The molecule has 3 heteroatoms. The topological polar surface area (TPSA) is 15.7 Å². The van der Waals surface area contributed by atoms with Crippen molar-refractivity contribution in [3.63, 3.8) is 0 Å². The summed E-state index contributed by atoms with van der Waals surface area (Å²) in [5.74, 6) is 1.80. The van der Waals surface area contributed by atoms with E-state index in [9.17, 15) is 0 Å². The third-order valence-electron chi connectivity index (χ3n) is 8.94. The van der Waals surface area contributed by atoms with Gasteiger partial charge in [0.1, 0.15) is 0 Å². The number of fused-ring (bicyclic) bond motifs is 4. The first-order valence-corrected chi connectivity index (χ1v) is 14.9. The Balaban J connectivity index is 1.25. The molecule has 3 nitrogen and oxygen atoms in total. The third-order valence-corrected chi connectivity index (χ3v) is 8.94. The molecule has 0 unspecified atom stereocenters. The molecule has 0 spiro atoms. The molecular formula is C40H32N2O. The first-order chi connectivity index (χ1) is 21.0. The molecule has 208 valence electrons. The molecule has 6 aromatic carbocycles. The minimum Gasteiger partial charge on any atom is -0.453 e. The Bertz CT molecular complexity index is 1940. The summed E-state index contributed by atoms with van der Waals surface area (Å²) in [6.07, 6.45) is 0. The van der Waals surface area contributed by atoms with E-state index in [1.807, 2.05) is 0 Å². The van der Waals surface area contributed by atoms with Gasteiger partial charge in [0.15, 0.2) is 11.5 Å². The number of aryl methyl sites for hydroxylation is 1. The van der Waals surface area contributed by atoms with E-state index >= 15 is 0 Å². The molecule has 2 aliphatic heterocycles. The van der Waals surface area contributed by atoms with Gasteiger partial charge in [0.05, 0.1) is 17.1 Å². The Hall–Kier alpha value is -5.28. The van der Waals surface area contributed by atoms with Gasteiger partial charge in [-0.05, 0) is 89.3 Å². The van der Waals surface area contributed by atoms with Crippen LogP contribution in [0.3, 0.4) is 0 Å². The zero-order valence-corrected chi connectivity index (χ0v) is 24.6. The highest BCUT2D eigenvalue weighted by molar-refractivity contribution is 5.95. The number of benzene rings is 6. The fourth-order valence-corrected chi connectivity index (χ4v) is 6.79. The van der Waals surface area contributed by atoms with Gasteiger partial charge in [-0.1, -0.05) is 98.8 Å². The standard InChI is InChI=1S/C40H32N2O/c1-27-12-10-18-36-38(27)42-35-26-29(22-25-33(35)40(2,3)34-17-11-19-37(43-36)39(34)42)28-20-23-32(24-21-28)41(30-13-6-4-7-14-30)31-15-8-5-9-16-31/h4-26H,1-3H3. The summed E-state index contributed by atoms with van der Waals surface area (Å²) in [5.41, 5.74) is 12.9. The molecule has 0 N–H and O–H groups in total. The molecule has 43 heavy (non-hydrogen) atoms. The highest BCUT2D eigenvalue weighted by Crippen LogP contribution is 2.60. The molecule has 0 bridgehead atoms. The van der Waals surface area contributed by atoms with E-state index in [2.05, 4.69) is 170 Å². The van der Waals surface area contributed by atoms with Crippen molar-refractivity contribution >= 4 is 34.1 Å². The lowest BCUT2D eigenvalue weighted by atomic mass is 9.72. The van der Waals surface area contributed by atoms with E-state index in [0.717, 1.165) is 39.9 Å². The van der Waals surface area contributed by atoms with E-state index < -0.39 is 0 Å². The van der Waals surface area contributed by atoms with Crippen LogP contribution in [0.1, 0.15) is 30.5 Å². The fraction of sp³-hybridized carbons (Fsp3) is 0.100. The second-order valence-corrected chi connectivity index (χ2v) is 11.9. The maximum Gasteiger partial charge on any atom is 0.151 e. The number of nitrogens with zero attached hydrogens (tertiary/aromatic N) is 2. The Morgan fingerprint density at radius 3 is 1.79 bits per heavy atom. The first kappa shape index (κ1) is 25.4. The van der Waals surface area contributed by atoms with E-state index in [0.29, 0.717) is 0 Å². The van der Waals surface area contributed by atoms with Gasteiger partial charge in [-0.2, -0.15) is 0 Å². The number of rotatable bonds is 4. The number of hydrogen-bond acceptors (Lipinski definition) is 3. The van der Waals surface area contributed by atoms with Gasteiger partial charge in [-0.25, -0.2) is 0 Å². The van der Waals surface area contributed by atoms with Crippen molar-refractivity contribution in [1.29, 1.82) is 0 Å². The predicted octanol–water partition coefficient (Wildman–Crippen LogP) is 11.3. The largest absolute Gasteiger partial charge is 0.453 e. The molecule has 8 rings (SSSR count). The smallest absolute Gasteiger partial charge is 0.151 e. The second kappa shape index (κ2) is 9.64. The van der Waals surface area contributed by atoms with Crippen molar-refractivity contribution in [1.82, 2.24) is 0 Å². The molecule has 2 aliphatic rings. The lowest BCUT2D eigenvalue weighted by Crippen LogP contribution is -2.32. The van der Waals surface area contributed by atoms with Crippen LogP contribution in [0.5, 0.6) is 11.5 Å². The second-order valence-electron chi connectivity index (χ2n) is 11.9. The van der Waals surface area contributed by atoms with Crippen LogP contribution in [-0.4, -0.2) is 0 Å². The zero-order chi connectivity index (χ0) is 29.1. The highest BCUT2D eigenvalue weighted by Gasteiger charge is 2.41. The van der Waals surface area contributed by atoms with Gasteiger partial charge in [0, 0.05) is 22.5 Å². The maximum atomic E-state index is 6.49. The average molecular weight is 557 g/mol. The molecule has 0 amide bonds. The van der Waals surface area contributed by atoms with Gasteiger partial charge in [-0.3, -0.25) is 0 Å². The molecule has 2 heterocycles. The summed E-state index contributed by atoms with van der Waals surface area (Å²) in [4.78, 5) is 4.73. The summed E-state index contributed by atoms with van der Waals surface area (Å²) in [7, 11) is 0. The van der Waals surface area contributed by atoms with Crippen molar-refractivity contribution in [2.45, 2.75) is 26.2 Å². The van der Waals surface area contributed by atoms with E-state index in [-0.39, 0.29) is 5.41 Å². The molecule has 0 aromatic heterocycles. The lowest BCUT2D eigenvalue weighted by Gasteiger charge is -2.45. The predicted molar refractivity (Wildman–Crippen MR) is 178 cm³/mol. The van der Waals surface area contributed by atoms with Crippen molar-refractivity contribution in [2.75, 3.05) is 9.80 Å². The van der Waals surface area contributed by atoms with Gasteiger partial charge in [0.2, 0.25) is 0 Å². The normalized spacial score (nSPS) is 13.8.